The van der Waals surface area contributed by atoms with E-state index in [4.69, 9.17) is 18.1 Å². The SMILES string of the molecule is COP1(OC)(OC)OC(C)=C(C(=O)c2ccccc2)C1c1ccccc1. The second kappa shape index (κ2) is 6.93. The molecule has 0 aromatic heterocycles. The first-order chi connectivity index (χ1) is 12.5. The van der Waals surface area contributed by atoms with Crippen LogP contribution in [0, 0.1) is 0 Å². The van der Waals surface area contributed by atoms with Gasteiger partial charge in [0.15, 0.2) is 0 Å². The molecular weight excluding hydrogens is 351 g/mol. The number of rotatable bonds is 6. The van der Waals surface area contributed by atoms with Crippen molar-refractivity contribution in [3.63, 3.8) is 0 Å². The Labute approximate surface area is 153 Å². The standard InChI is InChI=1S/C20H23O5P/c1-15-18(19(21)16-11-7-5-8-12-16)20(17-13-9-6-10-14-17)26(22-2,23-3,24-4)25-15/h5-14,20H,1-4H3. The Kier molecular flexibility index (Phi) is 5.00. The molecule has 0 saturated carbocycles. The number of carbonyl (C=O) groups excluding carboxylic acids is 1. The maximum absolute atomic E-state index is 13.3. The molecule has 2 aromatic rings. The summed E-state index contributed by atoms with van der Waals surface area (Å²) in [5.74, 6) is 0.325. The van der Waals surface area contributed by atoms with Gasteiger partial charge < -0.3 is 0 Å². The van der Waals surface area contributed by atoms with Gasteiger partial charge in [0.2, 0.25) is 0 Å². The van der Waals surface area contributed by atoms with Crippen LogP contribution in [-0.2, 0) is 18.1 Å². The van der Waals surface area contributed by atoms with Crippen molar-refractivity contribution in [3.8, 4) is 0 Å². The van der Waals surface area contributed by atoms with E-state index in [1.807, 2.05) is 48.5 Å². The molecule has 0 amide bonds. The van der Waals surface area contributed by atoms with Crippen molar-refractivity contribution in [1.82, 2.24) is 0 Å². The van der Waals surface area contributed by atoms with Gasteiger partial charge in [-0.3, -0.25) is 0 Å². The van der Waals surface area contributed by atoms with Gasteiger partial charge in [0.05, 0.1) is 0 Å². The average Bonchev–Trinajstić information content (AvgIpc) is 2.99. The summed E-state index contributed by atoms with van der Waals surface area (Å²) in [7, 11) is 0.383. The summed E-state index contributed by atoms with van der Waals surface area (Å²) in [6.45, 7) is 1.75. The van der Waals surface area contributed by atoms with Crippen LogP contribution in [0.1, 0.15) is 28.5 Å². The summed E-state index contributed by atoms with van der Waals surface area (Å²) >= 11 is 0. The molecular formula is C20H23O5P. The van der Waals surface area contributed by atoms with Crippen LogP contribution in [0.3, 0.4) is 0 Å². The summed E-state index contributed by atoms with van der Waals surface area (Å²) in [5, 5.41) is 0. The number of carbonyl (C=O) groups is 1. The molecule has 1 aliphatic rings. The quantitative estimate of drug-likeness (QED) is 0.522. The van der Waals surface area contributed by atoms with Crippen LogP contribution in [0.5, 0.6) is 0 Å². The molecule has 3 rings (SSSR count). The first-order valence-electron chi connectivity index (χ1n) is 8.27. The average molecular weight is 374 g/mol. The molecule has 5 nitrogen and oxygen atoms in total. The summed E-state index contributed by atoms with van der Waals surface area (Å²) < 4.78 is 23.6. The second-order valence-corrected chi connectivity index (χ2v) is 9.52. The van der Waals surface area contributed by atoms with Crippen LogP contribution in [0.25, 0.3) is 0 Å². The zero-order chi connectivity index (χ0) is 18.8. The van der Waals surface area contributed by atoms with Gasteiger partial charge in [0, 0.05) is 0 Å². The van der Waals surface area contributed by atoms with Crippen LogP contribution in [-0.4, -0.2) is 27.1 Å². The Bertz CT molecular complexity index is 817. The number of Topliss-reactive ketones (excluding diaryl/α,β-unsaturated/α-hetero) is 1. The minimum atomic E-state index is -4.09. The summed E-state index contributed by atoms with van der Waals surface area (Å²) in [4.78, 5) is 13.3. The molecule has 1 unspecified atom stereocenters. The van der Waals surface area contributed by atoms with Crippen LogP contribution in [0.15, 0.2) is 72.0 Å². The molecule has 0 fully saturated rings. The van der Waals surface area contributed by atoms with Crippen molar-refractivity contribution in [2.45, 2.75) is 12.6 Å². The van der Waals surface area contributed by atoms with E-state index in [2.05, 4.69) is 0 Å². The number of hydrogen-bond acceptors (Lipinski definition) is 5. The molecule has 0 radical (unpaired) electrons. The van der Waals surface area contributed by atoms with E-state index in [0.29, 0.717) is 16.9 Å². The van der Waals surface area contributed by atoms with E-state index in [9.17, 15) is 4.79 Å². The predicted molar refractivity (Wildman–Crippen MR) is 102 cm³/mol. The third-order valence-corrected chi connectivity index (χ3v) is 8.74. The fourth-order valence-corrected chi connectivity index (χ4v) is 6.86. The van der Waals surface area contributed by atoms with Crippen LogP contribution in [0.2, 0.25) is 0 Å². The number of allylic oxidation sites excluding steroid dienone is 2. The first-order valence-corrected chi connectivity index (χ1v) is 10.2. The Morgan fingerprint density at radius 3 is 1.88 bits per heavy atom. The number of benzene rings is 2. The zero-order valence-electron chi connectivity index (χ0n) is 15.3. The second-order valence-electron chi connectivity index (χ2n) is 5.99. The van der Waals surface area contributed by atoms with Crippen LogP contribution in [0.4, 0.5) is 0 Å². The van der Waals surface area contributed by atoms with E-state index in [0.717, 1.165) is 5.56 Å². The predicted octanol–water partition coefficient (Wildman–Crippen LogP) is 5.07. The fraction of sp³-hybridized carbons (Fsp3) is 0.250. The molecule has 0 aliphatic carbocycles. The van der Waals surface area contributed by atoms with Crippen molar-refractivity contribution in [3.05, 3.63) is 83.1 Å². The Balaban J connectivity index is 2.23. The van der Waals surface area contributed by atoms with Gasteiger partial charge in [-0.1, -0.05) is 0 Å². The van der Waals surface area contributed by atoms with Gasteiger partial charge in [-0.25, -0.2) is 0 Å². The van der Waals surface area contributed by atoms with Gasteiger partial charge in [-0.2, -0.15) is 0 Å². The third kappa shape index (κ3) is 2.68. The molecule has 1 atom stereocenters. The summed E-state index contributed by atoms with van der Waals surface area (Å²) in [6.07, 6.45) is 0. The molecule has 0 bridgehead atoms. The van der Waals surface area contributed by atoms with Gasteiger partial charge in [-0.05, 0) is 0 Å². The molecule has 0 saturated heterocycles. The molecule has 1 heterocycles. The van der Waals surface area contributed by atoms with Gasteiger partial charge >= 0.3 is 153 Å². The molecule has 2 aromatic carbocycles. The first kappa shape index (κ1) is 18.7. The zero-order valence-corrected chi connectivity index (χ0v) is 16.2. The third-order valence-electron chi connectivity index (χ3n) is 4.76. The Morgan fingerprint density at radius 1 is 0.885 bits per heavy atom. The molecule has 0 spiro atoms. The van der Waals surface area contributed by atoms with E-state index in [1.54, 1.807) is 19.1 Å². The van der Waals surface area contributed by atoms with Crippen LogP contribution < -0.4 is 0 Å². The number of ketones is 1. The summed E-state index contributed by atoms with van der Waals surface area (Å²) in [5.41, 5.74) is 1.31. The van der Waals surface area contributed by atoms with E-state index in [1.165, 1.54) is 21.3 Å². The fourth-order valence-electron chi connectivity index (χ4n) is 3.48. The molecule has 6 heteroatoms. The normalized spacial score (nSPS) is 22.3. The van der Waals surface area contributed by atoms with Crippen molar-refractivity contribution in [2.75, 3.05) is 21.3 Å². The van der Waals surface area contributed by atoms with Crippen molar-refractivity contribution in [1.29, 1.82) is 0 Å². The number of hydrogen-bond donors (Lipinski definition) is 0. The molecule has 1 aliphatic heterocycles. The van der Waals surface area contributed by atoms with E-state index in [-0.39, 0.29) is 5.78 Å². The van der Waals surface area contributed by atoms with Crippen LogP contribution >= 0.6 is 7.51 Å². The van der Waals surface area contributed by atoms with Crippen molar-refractivity contribution >= 4 is 13.3 Å². The van der Waals surface area contributed by atoms with E-state index >= 15 is 0 Å². The molecule has 138 valence electrons. The minimum absolute atomic E-state index is 0.130. The van der Waals surface area contributed by atoms with Gasteiger partial charge in [0.25, 0.3) is 0 Å². The molecule has 0 N–H and O–H groups in total. The Morgan fingerprint density at radius 2 is 1.38 bits per heavy atom. The van der Waals surface area contributed by atoms with Gasteiger partial charge in [-0.15, -0.1) is 0 Å². The van der Waals surface area contributed by atoms with E-state index < -0.39 is 13.2 Å². The monoisotopic (exact) mass is 374 g/mol. The van der Waals surface area contributed by atoms with Crippen molar-refractivity contribution in [2.24, 2.45) is 0 Å². The van der Waals surface area contributed by atoms with Crippen molar-refractivity contribution < 1.29 is 22.9 Å². The Hall–Kier alpha value is -2.04. The summed E-state index contributed by atoms with van der Waals surface area (Å²) in [6, 6.07) is 18.7. The molecule has 26 heavy (non-hydrogen) atoms. The maximum atomic E-state index is 13.3. The van der Waals surface area contributed by atoms with Gasteiger partial charge in [0.1, 0.15) is 0 Å². The topological polar surface area (TPSA) is 54.0 Å².